The molecule has 1 aliphatic rings. The van der Waals surface area contributed by atoms with Crippen LogP contribution in [-0.4, -0.2) is 55.2 Å². The van der Waals surface area contributed by atoms with Gasteiger partial charge in [0.1, 0.15) is 0 Å². The van der Waals surface area contributed by atoms with E-state index in [9.17, 15) is 22.8 Å². The maximum atomic E-state index is 12.1. The molecular formula is C14H23NO9S. The molecule has 0 spiro atoms. The summed E-state index contributed by atoms with van der Waals surface area (Å²) in [5.41, 5.74) is -1.01. The van der Waals surface area contributed by atoms with E-state index in [4.69, 9.17) is 14.0 Å². The Kier molecular flexibility index (Phi) is 6.77. The zero-order valence-electron chi connectivity index (χ0n) is 14.5. The standard InChI is InChI=1S/C14H23NO9S/c1-8(16)15-10(5-6-25(19,20)21)7-14(3,4)11-12(17)22-9(2)23-13(18)24-11/h9-11H,5-7H2,1-4H3,(H,15,16)(H,19,20,21)/t9?,10?,11-/m0/s1. The van der Waals surface area contributed by atoms with Gasteiger partial charge in [-0.2, -0.15) is 8.42 Å². The van der Waals surface area contributed by atoms with Gasteiger partial charge >= 0.3 is 12.1 Å². The molecule has 1 fully saturated rings. The third-order valence-corrected chi connectivity index (χ3v) is 4.34. The van der Waals surface area contributed by atoms with Crippen LogP contribution in [0.15, 0.2) is 0 Å². The number of nitrogens with one attached hydrogen (secondary N) is 1. The van der Waals surface area contributed by atoms with Crippen molar-refractivity contribution in [2.24, 2.45) is 5.41 Å². The number of amides is 1. The summed E-state index contributed by atoms with van der Waals surface area (Å²) < 4.78 is 45.4. The molecule has 0 aromatic carbocycles. The molecule has 0 saturated carbocycles. The lowest BCUT2D eigenvalue weighted by atomic mass is 9.79. The van der Waals surface area contributed by atoms with Gasteiger partial charge in [0.15, 0.2) is 0 Å². The molecule has 3 atom stereocenters. The van der Waals surface area contributed by atoms with Gasteiger partial charge in [-0.1, -0.05) is 13.8 Å². The molecule has 1 saturated heterocycles. The topological polar surface area (TPSA) is 145 Å². The van der Waals surface area contributed by atoms with Gasteiger partial charge in [0.05, 0.1) is 5.75 Å². The van der Waals surface area contributed by atoms with Gasteiger partial charge in [-0.25, -0.2) is 9.59 Å². The Morgan fingerprint density at radius 3 is 2.40 bits per heavy atom. The van der Waals surface area contributed by atoms with E-state index in [0.717, 1.165) is 0 Å². The fraction of sp³-hybridized carbons (Fsp3) is 0.786. The molecule has 1 rings (SSSR count). The molecule has 10 nitrogen and oxygen atoms in total. The van der Waals surface area contributed by atoms with Gasteiger partial charge < -0.3 is 19.5 Å². The molecule has 0 bridgehead atoms. The van der Waals surface area contributed by atoms with Crippen LogP contribution in [0.5, 0.6) is 0 Å². The number of esters is 1. The fourth-order valence-electron chi connectivity index (χ4n) is 2.58. The van der Waals surface area contributed by atoms with Crippen molar-refractivity contribution in [3.8, 4) is 0 Å². The van der Waals surface area contributed by atoms with Crippen molar-refractivity contribution < 1.29 is 41.6 Å². The van der Waals surface area contributed by atoms with Crippen molar-refractivity contribution in [1.29, 1.82) is 0 Å². The highest BCUT2D eigenvalue weighted by Crippen LogP contribution is 2.33. The minimum Gasteiger partial charge on any atom is -0.423 e. The third kappa shape index (κ3) is 7.26. The van der Waals surface area contributed by atoms with Crippen LogP contribution in [0, 0.1) is 5.41 Å². The number of hydrogen-bond donors (Lipinski definition) is 2. The average Bonchev–Trinajstić information content (AvgIpc) is 2.52. The fourth-order valence-corrected chi connectivity index (χ4v) is 3.16. The molecule has 11 heteroatoms. The Balaban J connectivity index is 2.93. The second-order valence-corrected chi connectivity index (χ2v) is 8.11. The van der Waals surface area contributed by atoms with E-state index in [0.29, 0.717) is 0 Å². The van der Waals surface area contributed by atoms with Crippen LogP contribution < -0.4 is 5.32 Å². The lowest BCUT2D eigenvalue weighted by Gasteiger charge is -2.33. The Hall–Kier alpha value is -1.88. The zero-order chi connectivity index (χ0) is 19.4. The normalized spacial score (nSPS) is 22.9. The molecule has 2 N–H and O–H groups in total. The quantitative estimate of drug-likeness (QED) is 0.478. The van der Waals surface area contributed by atoms with Crippen LogP contribution in [0.25, 0.3) is 0 Å². The van der Waals surface area contributed by atoms with Crippen LogP contribution in [0.3, 0.4) is 0 Å². The Labute approximate surface area is 145 Å². The van der Waals surface area contributed by atoms with Crippen LogP contribution in [0.2, 0.25) is 0 Å². The van der Waals surface area contributed by atoms with E-state index in [-0.39, 0.29) is 12.8 Å². The van der Waals surface area contributed by atoms with Gasteiger partial charge in [0.2, 0.25) is 18.3 Å². The van der Waals surface area contributed by atoms with E-state index >= 15 is 0 Å². The first-order valence-electron chi connectivity index (χ1n) is 7.60. The van der Waals surface area contributed by atoms with Crippen molar-refractivity contribution >= 4 is 28.1 Å². The average molecular weight is 381 g/mol. The van der Waals surface area contributed by atoms with E-state index in [2.05, 4.69) is 10.1 Å². The summed E-state index contributed by atoms with van der Waals surface area (Å²) in [6.45, 7) is 5.82. The Morgan fingerprint density at radius 1 is 1.28 bits per heavy atom. The molecule has 2 unspecified atom stereocenters. The summed E-state index contributed by atoms with van der Waals surface area (Å²) >= 11 is 0. The summed E-state index contributed by atoms with van der Waals surface area (Å²) in [7, 11) is -4.22. The molecular weight excluding hydrogens is 358 g/mol. The monoisotopic (exact) mass is 381 g/mol. The van der Waals surface area contributed by atoms with E-state index < -0.39 is 57.8 Å². The molecule has 1 heterocycles. The maximum Gasteiger partial charge on any atom is 0.512 e. The number of carbonyl (C=O) groups is 3. The third-order valence-electron chi connectivity index (χ3n) is 3.59. The van der Waals surface area contributed by atoms with Crippen molar-refractivity contribution in [1.82, 2.24) is 5.32 Å². The van der Waals surface area contributed by atoms with Crippen molar-refractivity contribution in [3.63, 3.8) is 0 Å². The first-order valence-corrected chi connectivity index (χ1v) is 9.21. The predicted octanol–water partition coefficient (Wildman–Crippen LogP) is 0.610. The van der Waals surface area contributed by atoms with Gasteiger partial charge in [0.25, 0.3) is 10.1 Å². The lowest BCUT2D eigenvalue weighted by molar-refractivity contribution is -0.168. The second-order valence-electron chi connectivity index (χ2n) is 6.54. The largest absolute Gasteiger partial charge is 0.512 e. The van der Waals surface area contributed by atoms with E-state index in [1.54, 1.807) is 13.8 Å². The molecule has 1 aliphatic heterocycles. The van der Waals surface area contributed by atoms with Gasteiger partial charge in [0, 0.05) is 25.3 Å². The minimum atomic E-state index is -4.22. The maximum absolute atomic E-state index is 12.1. The zero-order valence-corrected chi connectivity index (χ0v) is 15.3. The summed E-state index contributed by atoms with van der Waals surface area (Å²) in [4.78, 5) is 35.0. The van der Waals surface area contributed by atoms with Crippen LogP contribution in [-0.2, 0) is 33.9 Å². The summed E-state index contributed by atoms with van der Waals surface area (Å²) in [5.74, 6) is -1.78. The van der Waals surface area contributed by atoms with E-state index in [1.807, 2.05) is 0 Å². The Morgan fingerprint density at radius 2 is 1.88 bits per heavy atom. The van der Waals surface area contributed by atoms with Crippen molar-refractivity contribution in [2.45, 2.75) is 59.0 Å². The molecule has 25 heavy (non-hydrogen) atoms. The molecule has 144 valence electrons. The van der Waals surface area contributed by atoms with Gasteiger partial charge in [-0.05, 0) is 12.8 Å². The molecule has 1 amide bonds. The van der Waals surface area contributed by atoms with Crippen molar-refractivity contribution in [2.75, 3.05) is 5.75 Å². The van der Waals surface area contributed by atoms with Crippen LogP contribution in [0.4, 0.5) is 4.79 Å². The highest BCUT2D eigenvalue weighted by Gasteiger charge is 2.44. The van der Waals surface area contributed by atoms with Crippen LogP contribution in [0.1, 0.15) is 40.5 Å². The molecule has 0 aromatic heterocycles. The highest BCUT2D eigenvalue weighted by atomic mass is 32.2. The summed E-state index contributed by atoms with van der Waals surface area (Å²) in [5, 5.41) is 2.56. The number of carbonyl (C=O) groups excluding carboxylic acids is 3. The predicted molar refractivity (Wildman–Crippen MR) is 83.9 cm³/mol. The smallest absolute Gasteiger partial charge is 0.423 e. The lowest BCUT2D eigenvalue weighted by Crippen LogP contribution is -2.46. The Bertz CT molecular complexity index is 628. The second kappa shape index (κ2) is 8.00. The summed E-state index contributed by atoms with van der Waals surface area (Å²) in [6.07, 6.45) is -3.45. The van der Waals surface area contributed by atoms with Gasteiger partial charge in [-0.3, -0.25) is 9.35 Å². The van der Waals surface area contributed by atoms with Gasteiger partial charge in [-0.15, -0.1) is 0 Å². The van der Waals surface area contributed by atoms with Crippen molar-refractivity contribution in [3.05, 3.63) is 0 Å². The van der Waals surface area contributed by atoms with E-state index in [1.165, 1.54) is 13.8 Å². The SMILES string of the molecule is CC(=O)NC(CCS(=O)(=O)O)CC(C)(C)[C@H]1OC(=O)OC(C)OC1=O. The number of rotatable bonds is 7. The molecule has 0 radical (unpaired) electrons. The number of hydrogen-bond acceptors (Lipinski definition) is 8. The summed E-state index contributed by atoms with van der Waals surface area (Å²) in [6, 6.07) is -0.678. The number of cyclic esters (lactones) is 3. The number of ether oxygens (including phenoxy) is 3. The molecule has 0 aliphatic carbocycles. The first-order chi connectivity index (χ1) is 11.3. The molecule has 0 aromatic rings. The first kappa shape index (κ1) is 21.2. The van der Waals surface area contributed by atoms with Crippen LogP contribution >= 0.6 is 0 Å². The minimum absolute atomic E-state index is 0.0789. The highest BCUT2D eigenvalue weighted by molar-refractivity contribution is 7.85.